The first-order valence-corrected chi connectivity index (χ1v) is 9.74. The molecule has 2 aromatic rings. The average molecular weight is 394 g/mol. The third-order valence-electron chi connectivity index (χ3n) is 5.34. The smallest absolute Gasteiger partial charge is 0.252 e. The lowest BCUT2D eigenvalue weighted by Crippen LogP contribution is -2.52. The van der Waals surface area contributed by atoms with E-state index in [1.54, 1.807) is 24.3 Å². The fourth-order valence-corrected chi connectivity index (χ4v) is 3.63. The standard InChI is InChI=1S/C22H23FN4O2/c1-15-6-8-16(9-7-15)20(28)14-18-21(29)25-22(24-18)27-12-10-26(11-13-27)19-5-3-2-4-17(19)23/h2-9,18H,10-14H2,1H3,(H,24,25,29). The molecule has 0 bridgehead atoms. The Kier molecular flexibility index (Phi) is 5.29. The number of hydrogen-bond donors (Lipinski definition) is 1. The van der Waals surface area contributed by atoms with Gasteiger partial charge in [-0.25, -0.2) is 9.38 Å². The molecule has 2 aliphatic rings. The van der Waals surface area contributed by atoms with Crippen molar-refractivity contribution in [1.29, 1.82) is 0 Å². The minimum atomic E-state index is -0.705. The van der Waals surface area contributed by atoms with Crippen molar-refractivity contribution in [3.8, 4) is 0 Å². The number of benzene rings is 2. The van der Waals surface area contributed by atoms with Crippen LogP contribution < -0.4 is 10.2 Å². The zero-order valence-corrected chi connectivity index (χ0v) is 16.3. The number of nitrogens with zero attached hydrogens (tertiary/aromatic N) is 3. The van der Waals surface area contributed by atoms with E-state index in [-0.39, 0.29) is 23.9 Å². The molecule has 1 fully saturated rings. The summed E-state index contributed by atoms with van der Waals surface area (Å²) in [5, 5.41) is 2.80. The van der Waals surface area contributed by atoms with E-state index in [0.29, 0.717) is 43.4 Å². The quantitative estimate of drug-likeness (QED) is 0.809. The number of aryl methyl sites for hydroxylation is 1. The largest absolute Gasteiger partial charge is 0.366 e. The highest BCUT2D eigenvalue weighted by Gasteiger charge is 2.32. The molecule has 0 aliphatic carbocycles. The number of rotatable bonds is 4. The molecule has 1 amide bonds. The van der Waals surface area contributed by atoms with Gasteiger partial charge in [0.25, 0.3) is 5.91 Å². The number of anilines is 1. The van der Waals surface area contributed by atoms with Crippen LogP contribution in [0.15, 0.2) is 53.5 Å². The van der Waals surface area contributed by atoms with Crippen LogP contribution in [-0.2, 0) is 4.79 Å². The summed E-state index contributed by atoms with van der Waals surface area (Å²) in [4.78, 5) is 33.2. The van der Waals surface area contributed by atoms with Gasteiger partial charge in [-0.2, -0.15) is 0 Å². The molecule has 1 saturated heterocycles. The average Bonchev–Trinajstić information content (AvgIpc) is 3.09. The third kappa shape index (κ3) is 4.13. The maximum absolute atomic E-state index is 14.0. The van der Waals surface area contributed by atoms with Crippen LogP contribution in [0.4, 0.5) is 10.1 Å². The topological polar surface area (TPSA) is 65.0 Å². The van der Waals surface area contributed by atoms with Gasteiger partial charge in [-0.15, -0.1) is 0 Å². The van der Waals surface area contributed by atoms with Crippen molar-refractivity contribution < 1.29 is 14.0 Å². The van der Waals surface area contributed by atoms with Crippen LogP contribution in [-0.4, -0.2) is 54.8 Å². The number of amides is 1. The van der Waals surface area contributed by atoms with Crippen molar-refractivity contribution in [2.75, 3.05) is 31.1 Å². The van der Waals surface area contributed by atoms with Crippen LogP contribution in [0.5, 0.6) is 0 Å². The van der Waals surface area contributed by atoms with Crippen molar-refractivity contribution in [2.24, 2.45) is 4.99 Å². The first-order valence-electron chi connectivity index (χ1n) is 9.74. The summed E-state index contributed by atoms with van der Waals surface area (Å²) in [6.45, 7) is 4.45. The molecule has 150 valence electrons. The van der Waals surface area contributed by atoms with Gasteiger partial charge >= 0.3 is 0 Å². The number of carbonyl (C=O) groups is 2. The Morgan fingerprint density at radius 3 is 2.41 bits per heavy atom. The van der Waals surface area contributed by atoms with E-state index in [9.17, 15) is 14.0 Å². The Labute approximate surface area is 169 Å². The molecule has 2 aromatic carbocycles. The maximum atomic E-state index is 14.0. The van der Waals surface area contributed by atoms with Crippen LogP contribution in [0.2, 0.25) is 0 Å². The second kappa shape index (κ2) is 8.03. The number of ketones is 1. The predicted molar refractivity (Wildman–Crippen MR) is 110 cm³/mol. The first kappa shape index (κ1) is 19.1. The highest BCUT2D eigenvalue weighted by Crippen LogP contribution is 2.21. The molecule has 0 spiro atoms. The van der Waals surface area contributed by atoms with Crippen molar-refractivity contribution in [3.05, 3.63) is 65.5 Å². The van der Waals surface area contributed by atoms with E-state index in [1.807, 2.05) is 34.9 Å². The van der Waals surface area contributed by atoms with E-state index in [0.717, 1.165) is 5.56 Å². The van der Waals surface area contributed by atoms with E-state index in [1.165, 1.54) is 6.07 Å². The van der Waals surface area contributed by atoms with Crippen LogP contribution in [0.25, 0.3) is 0 Å². The number of guanidine groups is 1. The maximum Gasteiger partial charge on any atom is 0.252 e. The first-order chi connectivity index (χ1) is 14.0. The van der Waals surface area contributed by atoms with Gasteiger partial charge in [0.05, 0.1) is 5.69 Å². The molecule has 1 unspecified atom stereocenters. The van der Waals surface area contributed by atoms with E-state index in [2.05, 4.69) is 10.3 Å². The SMILES string of the molecule is Cc1ccc(C(=O)CC2N=C(N3CCN(c4ccccc4F)CC3)NC2=O)cc1. The number of Topliss-reactive ketones (excluding diaryl/α,β-unsaturated/α-hetero) is 1. The number of nitrogens with one attached hydrogen (secondary N) is 1. The highest BCUT2D eigenvalue weighted by molar-refractivity contribution is 6.08. The summed E-state index contributed by atoms with van der Waals surface area (Å²) in [6.07, 6.45) is 0.0492. The molecular formula is C22H23FN4O2. The number of piperazine rings is 1. The summed E-state index contributed by atoms with van der Waals surface area (Å²) in [7, 11) is 0. The van der Waals surface area contributed by atoms with Gasteiger partial charge in [-0.05, 0) is 19.1 Å². The molecular weight excluding hydrogens is 371 g/mol. The van der Waals surface area contributed by atoms with Gasteiger partial charge in [0.1, 0.15) is 11.9 Å². The predicted octanol–water partition coefficient (Wildman–Crippen LogP) is 2.38. The summed E-state index contributed by atoms with van der Waals surface area (Å²) >= 11 is 0. The van der Waals surface area contributed by atoms with Gasteiger partial charge in [0, 0.05) is 38.2 Å². The number of halogens is 1. The fraction of sp³-hybridized carbons (Fsp3) is 0.318. The normalized spacial score (nSPS) is 19.2. The summed E-state index contributed by atoms with van der Waals surface area (Å²) < 4.78 is 14.0. The van der Waals surface area contributed by atoms with Crippen molar-refractivity contribution in [3.63, 3.8) is 0 Å². The van der Waals surface area contributed by atoms with Gasteiger partial charge in [0.15, 0.2) is 5.78 Å². The molecule has 1 atom stereocenters. The molecule has 0 aromatic heterocycles. The molecule has 7 heteroatoms. The molecule has 2 aliphatic heterocycles. The van der Waals surface area contributed by atoms with Gasteiger partial charge in [-0.3, -0.25) is 14.9 Å². The monoisotopic (exact) mass is 394 g/mol. The van der Waals surface area contributed by atoms with Crippen LogP contribution in [0.3, 0.4) is 0 Å². The van der Waals surface area contributed by atoms with Crippen LogP contribution in [0, 0.1) is 12.7 Å². The van der Waals surface area contributed by atoms with Crippen molar-refractivity contribution >= 4 is 23.3 Å². The Hall–Kier alpha value is -3.22. The Bertz CT molecular complexity index is 950. The summed E-state index contributed by atoms with van der Waals surface area (Å²) in [6, 6.07) is 13.3. The second-order valence-electron chi connectivity index (χ2n) is 7.38. The molecule has 1 N–H and O–H groups in total. The number of para-hydroxylation sites is 1. The molecule has 0 saturated carbocycles. The molecule has 6 nitrogen and oxygen atoms in total. The summed E-state index contributed by atoms with van der Waals surface area (Å²) in [5.74, 6) is -0.0800. The third-order valence-corrected chi connectivity index (χ3v) is 5.34. The molecule has 0 radical (unpaired) electrons. The highest BCUT2D eigenvalue weighted by atomic mass is 19.1. The minimum Gasteiger partial charge on any atom is -0.366 e. The molecule has 29 heavy (non-hydrogen) atoms. The number of carbonyl (C=O) groups excluding carboxylic acids is 2. The van der Waals surface area contributed by atoms with E-state index >= 15 is 0 Å². The molecule has 2 heterocycles. The van der Waals surface area contributed by atoms with Crippen LogP contribution in [0.1, 0.15) is 22.3 Å². The lowest BCUT2D eigenvalue weighted by Gasteiger charge is -2.36. The Morgan fingerprint density at radius 2 is 1.72 bits per heavy atom. The number of aliphatic imine (C=N–C) groups is 1. The molecule has 4 rings (SSSR count). The second-order valence-corrected chi connectivity index (χ2v) is 7.38. The number of hydrogen-bond acceptors (Lipinski definition) is 5. The lowest BCUT2D eigenvalue weighted by atomic mass is 10.0. The Morgan fingerprint density at radius 1 is 1.07 bits per heavy atom. The van der Waals surface area contributed by atoms with E-state index < -0.39 is 6.04 Å². The van der Waals surface area contributed by atoms with Gasteiger partial charge < -0.3 is 9.80 Å². The zero-order chi connectivity index (χ0) is 20.4. The van der Waals surface area contributed by atoms with E-state index in [4.69, 9.17) is 0 Å². The van der Waals surface area contributed by atoms with Crippen LogP contribution >= 0.6 is 0 Å². The Balaban J connectivity index is 1.37. The van der Waals surface area contributed by atoms with Crippen molar-refractivity contribution in [1.82, 2.24) is 10.2 Å². The van der Waals surface area contributed by atoms with Gasteiger partial charge in [0.2, 0.25) is 5.96 Å². The lowest BCUT2D eigenvalue weighted by molar-refractivity contribution is -0.120. The van der Waals surface area contributed by atoms with Crippen molar-refractivity contribution in [2.45, 2.75) is 19.4 Å². The van der Waals surface area contributed by atoms with Gasteiger partial charge in [-0.1, -0.05) is 42.0 Å². The fourth-order valence-electron chi connectivity index (χ4n) is 3.63. The minimum absolute atomic E-state index is 0.0492. The zero-order valence-electron chi connectivity index (χ0n) is 16.3. The summed E-state index contributed by atoms with van der Waals surface area (Å²) in [5.41, 5.74) is 2.26.